The van der Waals surface area contributed by atoms with Gasteiger partial charge in [0.05, 0.1) is 0 Å². The predicted octanol–water partition coefficient (Wildman–Crippen LogP) is 10.3. The summed E-state index contributed by atoms with van der Waals surface area (Å²) in [5.41, 5.74) is 0. The van der Waals surface area contributed by atoms with Gasteiger partial charge >= 0.3 is 0 Å². The van der Waals surface area contributed by atoms with Gasteiger partial charge in [-0.15, -0.1) is 0 Å². The molecule has 0 aliphatic heterocycles. The van der Waals surface area contributed by atoms with E-state index in [1.165, 1.54) is 135 Å². The highest BCUT2D eigenvalue weighted by atomic mass is 16.7. The van der Waals surface area contributed by atoms with E-state index in [1.54, 1.807) is 0 Å². The number of allylic oxidation sites excluding steroid dienone is 1. The fourth-order valence-electron chi connectivity index (χ4n) is 4.53. The van der Waals surface area contributed by atoms with E-state index in [2.05, 4.69) is 26.0 Å². The highest BCUT2D eigenvalue weighted by molar-refractivity contribution is 4.80. The molecule has 0 saturated heterocycles. The molecule has 0 amide bonds. The molecule has 0 spiro atoms. The van der Waals surface area contributed by atoms with Crippen molar-refractivity contribution in [2.24, 2.45) is 0 Å². The molecule has 0 fully saturated rings. The molecule has 0 aliphatic rings. The van der Waals surface area contributed by atoms with E-state index in [4.69, 9.17) is 14.6 Å². The summed E-state index contributed by atoms with van der Waals surface area (Å²) in [5.74, 6) is 0. The van der Waals surface area contributed by atoms with Crippen molar-refractivity contribution >= 4 is 0 Å². The topological polar surface area (TPSA) is 38.7 Å². The van der Waals surface area contributed by atoms with Crippen LogP contribution < -0.4 is 0 Å². The lowest BCUT2D eigenvalue weighted by atomic mass is 10.1. The van der Waals surface area contributed by atoms with Gasteiger partial charge in [0.2, 0.25) is 0 Å². The Bertz CT molecular complexity index is 374. The van der Waals surface area contributed by atoms with E-state index < -0.39 is 0 Å². The zero-order chi connectivity index (χ0) is 25.5. The quantitative estimate of drug-likeness (QED) is 0.0610. The lowest BCUT2D eigenvalue weighted by Gasteiger charge is -2.19. The largest absolute Gasteiger partial charge is 0.396 e. The zero-order valence-electron chi connectivity index (χ0n) is 24.1. The standard InChI is InChI=1S/C32H64O3/c1-3-5-7-9-11-18-22-26-30-34-32(35-31-27-23-19-12-10-8-6-4-2)28-24-20-16-14-13-15-17-21-25-29-33/h17,21,32-33H,3-16,18-20,22-31H2,1-2H3/b21-17+. The molecule has 0 aliphatic carbocycles. The maximum atomic E-state index is 8.80. The number of aliphatic hydroxyl groups is 1. The summed E-state index contributed by atoms with van der Waals surface area (Å²) >= 11 is 0. The van der Waals surface area contributed by atoms with Crippen molar-refractivity contribution in [3.8, 4) is 0 Å². The molecule has 3 nitrogen and oxygen atoms in total. The Labute approximate surface area is 220 Å². The summed E-state index contributed by atoms with van der Waals surface area (Å²) in [6, 6.07) is 0. The van der Waals surface area contributed by atoms with Crippen molar-refractivity contribution < 1.29 is 14.6 Å². The van der Waals surface area contributed by atoms with Crippen LogP contribution in [0.4, 0.5) is 0 Å². The number of rotatable bonds is 30. The molecule has 0 aromatic carbocycles. The summed E-state index contributed by atoms with van der Waals surface area (Å²) in [4.78, 5) is 0. The van der Waals surface area contributed by atoms with Crippen molar-refractivity contribution in [1.29, 1.82) is 0 Å². The molecule has 0 saturated carbocycles. The number of ether oxygens (including phenoxy) is 2. The second kappa shape index (κ2) is 31.6. The van der Waals surface area contributed by atoms with Crippen molar-refractivity contribution in [3.63, 3.8) is 0 Å². The van der Waals surface area contributed by atoms with Gasteiger partial charge in [0.1, 0.15) is 0 Å². The van der Waals surface area contributed by atoms with E-state index in [0.717, 1.165) is 32.5 Å². The van der Waals surface area contributed by atoms with Crippen molar-refractivity contribution in [3.05, 3.63) is 12.2 Å². The van der Waals surface area contributed by atoms with Crippen LogP contribution in [-0.4, -0.2) is 31.2 Å². The number of unbranched alkanes of at least 4 members (excludes halogenated alkanes) is 19. The zero-order valence-corrected chi connectivity index (χ0v) is 24.1. The molecule has 0 aromatic rings. The SMILES string of the molecule is CCCCCCCCCCOC(CCCCCCC/C=C/CCO)OCCCCCCCCCC. The van der Waals surface area contributed by atoms with Gasteiger partial charge < -0.3 is 14.6 Å². The van der Waals surface area contributed by atoms with Crippen LogP contribution in [0.25, 0.3) is 0 Å². The van der Waals surface area contributed by atoms with Crippen LogP contribution in [-0.2, 0) is 9.47 Å². The molecule has 210 valence electrons. The van der Waals surface area contributed by atoms with Crippen molar-refractivity contribution in [1.82, 2.24) is 0 Å². The first-order valence-electron chi connectivity index (χ1n) is 15.8. The summed E-state index contributed by atoms with van der Waals surface area (Å²) in [7, 11) is 0. The van der Waals surface area contributed by atoms with E-state index >= 15 is 0 Å². The van der Waals surface area contributed by atoms with Crippen LogP contribution in [0.5, 0.6) is 0 Å². The number of aliphatic hydroxyl groups excluding tert-OH is 1. The summed E-state index contributed by atoms with van der Waals surface area (Å²) in [5, 5.41) is 8.80. The maximum absolute atomic E-state index is 8.80. The van der Waals surface area contributed by atoms with Crippen molar-refractivity contribution in [2.75, 3.05) is 19.8 Å². The molecular weight excluding hydrogens is 432 g/mol. The Morgan fingerprint density at radius 3 is 1.37 bits per heavy atom. The summed E-state index contributed by atoms with van der Waals surface area (Å²) in [6.07, 6.45) is 35.1. The highest BCUT2D eigenvalue weighted by Gasteiger charge is 2.09. The first kappa shape index (κ1) is 34.6. The number of hydrogen-bond acceptors (Lipinski definition) is 3. The molecule has 0 aromatic heterocycles. The van der Waals surface area contributed by atoms with E-state index in [-0.39, 0.29) is 12.9 Å². The first-order valence-corrected chi connectivity index (χ1v) is 15.8. The molecule has 3 heteroatoms. The van der Waals surface area contributed by atoms with Gasteiger partial charge in [-0.1, -0.05) is 135 Å². The third-order valence-electron chi connectivity index (χ3n) is 6.88. The van der Waals surface area contributed by atoms with Crippen molar-refractivity contribution in [2.45, 2.75) is 174 Å². The number of hydrogen-bond donors (Lipinski definition) is 1. The van der Waals surface area contributed by atoms with E-state index in [0.29, 0.717) is 0 Å². The minimum atomic E-state index is 0.00511. The summed E-state index contributed by atoms with van der Waals surface area (Å²) in [6.45, 7) is 6.55. The fourth-order valence-corrected chi connectivity index (χ4v) is 4.53. The molecule has 35 heavy (non-hydrogen) atoms. The van der Waals surface area contributed by atoms with Crippen LogP contribution in [0.15, 0.2) is 12.2 Å². The Morgan fingerprint density at radius 2 is 0.886 bits per heavy atom. The molecule has 0 unspecified atom stereocenters. The van der Waals surface area contributed by atoms with E-state index in [1.807, 2.05) is 0 Å². The minimum absolute atomic E-state index is 0.00511. The summed E-state index contributed by atoms with van der Waals surface area (Å²) < 4.78 is 12.4. The van der Waals surface area contributed by atoms with Crippen LogP contribution in [0.1, 0.15) is 168 Å². The minimum Gasteiger partial charge on any atom is -0.396 e. The van der Waals surface area contributed by atoms with E-state index in [9.17, 15) is 0 Å². The van der Waals surface area contributed by atoms with Gasteiger partial charge in [0.15, 0.2) is 6.29 Å². The van der Waals surface area contributed by atoms with Gasteiger partial charge in [0, 0.05) is 19.8 Å². The molecule has 0 heterocycles. The van der Waals surface area contributed by atoms with Gasteiger partial charge in [-0.2, -0.15) is 0 Å². The van der Waals surface area contributed by atoms with Gasteiger partial charge in [-0.3, -0.25) is 0 Å². The van der Waals surface area contributed by atoms with Gasteiger partial charge in [-0.25, -0.2) is 0 Å². The fraction of sp³-hybridized carbons (Fsp3) is 0.938. The maximum Gasteiger partial charge on any atom is 0.157 e. The predicted molar refractivity (Wildman–Crippen MR) is 154 cm³/mol. The highest BCUT2D eigenvalue weighted by Crippen LogP contribution is 2.15. The van der Waals surface area contributed by atoms with Crippen LogP contribution >= 0.6 is 0 Å². The normalized spacial score (nSPS) is 11.9. The lowest BCUT2D eigenvalue weighted by molar-refractivity contribution is -0.148. The van der Waals surface area contributed by atoms with Gasteiger partial charge in [-0.05, 0) is 44.9 Å². The Morgan fingerprint density at radius 1 is 0.486 bits per heavy atom. The lowest BCUT2D eigenvalue weighted by Crippen LogP contribution is -2.19. The Kier molecular flexibility index (Phi) is 31.3. The third-order valence-corrected chi connectivity index (χ3v) is 6.88. The molecule has 0 rings (SSSR count). The van der Waals surface area contributed by atoms with Crippen LogP contribution in [0.2, 0.25) is 0 Å². The third kappa shape index (κ3) is 29.7. The van der Waals surface area contributed by atoms with Crippen LogP contribution in [0, 0.1) is 0 Å². The second-order valence-electron chi connectivity index (χ2n) is 10.4. The van der Waals surface area contributed by atoms with Gasteiger partial charge in [0.25, 0.3) is 0 Å². The first-order chi connectivity index (χ1) is 17.3. The van der Waals surface area contributed by atoms with Crippen LogP contribution in [0.3, 0.4) is 0 Å². The average molecular weight is 497 g/mol. The Balaban J connectivity index is 3.89. The smallest absolute Gasteiger partial charge is 0.157 e. The Hall–Kier alpha value is -0.380. The monoisotopic (exact) mass is 496 g/mol. The second-order valence-corrected chi connectivity index (χ2v) is 10.4. The molecule has 1 N–H and O–H groups in total. The molecular formula is C32H64O3. The molecule has 0 radical (unpaired) electrons. The average Bonchev–Trinajstić information content (AvgIpc) is 2.87. The molecule has 0 atom stereocenters. The molecule has 0 bridgehead atoms.